The Kier molecular flexibility index (Phi) is 6.86. The van der Waals surface area contributed by atoms with Gasteiger partial charge in [-0.25, -0.2) is 4.59 Å². The molecule has 2 nitrogen and oxygen atoms in total. The molecule has 96 valence electrons. The molecule has 0 atom stereocenters. The Morgan fingerprint density at radius 1 is 0.938 bits per heavy atom. The molecular weight excluding hydrogens is 332 g/mol. The maximum absolute atomic E-state index is 3.54. The molecule has 2 heterocycles. The predicted octanol–water partition coefficient (Wildman–Crippen LogP) is -0.213. The lowest BCUT2D eigenvalue weighted by Gasteiger charge is -2.51. The number of rotatable bonds is 4. The molecule has 4 heteroatoms. The van der Waals surface area contributed by atoms with Gasteiger partial charge in [-0.15, -0.1) is 0 Å². The van der Waals surface area contributed by atoms with Crippen molar-refractivity contribution in [1.82, 2.24) is 5.01 Å². The highest BCUT2D eigenvalue weighted by atomic mass is 79.9. The Hall–Kier alpha value is 0.880. The van der Waals surface area contributed by atoms with E-state index in [2.05, 4.69) is 20.9 Å². The smallest absolute Gasteiger partial charge is 0.0964 e. The van der Waals surface area contributed by atoms with Crippen LogP contribution in [0.15, 0.2) is 0 Å². The Bertz CT molecular complexity index is 187. The molecule has 16 heavy (non-hydrogen) atoms. The second-order valence-corrected chi connectivity index (χ2v) is 5.82. The number of halogens is 2. The molecule has 2 aliphatic heterocycles. The first-order chi connectivity index (χ1) is 7.37. The van der Waals surface area contributed by atoms with Gasteiger partial charge in [-0.05, 0) is 38.5 Å². The van der Waals surface area contributed by atoms with E-state index in [-0.39, 0.29) is 17.0 Å². The Morgan fingerprint density at radius 3 is 2.12 bits per heavy atom. The highest BCUT2D eigenvalue weighted by Crippen LogP contribution is 2.27. The zero-order valence-corrected chi connectivity index (χ0v) is 13.3. The topological polar surface area (TPSA) is 3.24 Å². The Labute approximate surface area is 119 Å². The van der Waals surface area contributed by atoms with Crippen LogP contribution >= 0.6 is 15.9 Å². The molecule has 0 aliphatic carbocycles. The van der Waals surface area contributed by atoms with Crippen molar-refractivity contribution in [2.75, 3.05) is 38.1 Å². The molecule has 0 spiro atoms. The van der Waals surface area contributed by atoms with Gasteiger partial charge in [0.05, 0.1) is 19.6 Å². The zero-order valence-electron chi connectivity index (χ0n) is 10.1. The van der Waals surface area contributed by atoms with E-state index in [9.17, 15) is 0 Å². The predicted molar refractivity (Wildman–Crippen MR) is 67.9 cm³/mol. The Balaban J connectivity index is 0.00000128. The first-order valence-corrected chi connectivity index (χ1v) is 7.67. The van der Waals surface area contributed by atoms with E-state index in [1.807, 2.05) is 0 Å². The van der Waals surface area contributed by atoms with Crippen LogP contribution in [0.2, 0.25) is 0 Å². The summed E-state index contributed by atoms with van der Waals surface area (Å²) >= 11 is 3.54. The van der Waals surface area contributed by atoms with Crippen molar-refractivity contribution < 1.29 is 21.6 Å². The summed E-state index contributed by atoms with van der Waals surface area (Å²) in [4.78, 5) is 0. The second-order valence-electron chi connectivity index (χ2n) is 5.03. The van der Waals surface area contributed by atoms with Crippen molar-refractivity contribution in [3.05, 3.63) is 0 Å². The van der Waals surface area contributed by atoms with Crippen molar-refractivity contribution in [3.8, 4) is 0 Å². The minimum Gasteiger partial charge on any atom is -1.00 e. The van der Waals surface area contributed by atoms with Gasteiger partial charge in [-0.1, -0.05) is 15.9 Å². The number of quaternary nitrogens is 1. The fourth-order valence-electron chi connectivity index (χ4n) is 3.20. The first kappa shape index (κ1) is 14.9. The summed E-state index contributed by atoms with van der Waals surface area (Å²) in [5, 5.41) is 3.94. The molecule has 0 aromatic rings. The van der Waals surface area contributed by atoms with Crippen molar-refractivity contribution in [3.63, 3.8) is 0 Å². The average molecular weight is 356 g/mol. The van der Waals surface area contributed by atoms with E-state index >= 15 is 0 Å². The van der Waals surface area contributed by atoms with Crippen molar-refractivity contribution in [2.45, 2.75) is 38.5 Å². The molecule has 0 aromatic carbocycles. The number of hydrogen-bond donors (Lipinski definition) is 0. The van der Waals surface area contributed by atoms with Gasteiger partial charge in [-0.3, -0.25) is 0 Å². The van der Waals surface area contributed by atoms with Crippen LogP contribution in [0.4, 0.5) is 0 Å². The number of unbranched alkanes of at least 4 members (excludes halogenated alkanes) is 1. The third-order valence-corrected chi connectivity index (χ3v) is 4.60. The van der Waals surface area contributed by atoms with Gasteiger partial charge in [0.25, 0.3) is 0 Å². The van der Waals surface area contributed by atoms with E-state index in [4.69, 9.17) is 0 Å². The molecule has 0 radical (unpaired) electrons. The molecule has 2 rings (SSSR count). The van der Waals surface area contributed by atoms with Crippen LogP contribution in [-0.4, -0.2) is 47.7 Å². The summed E-state index contributed by atoms with van der Waals surface area (Å²) in [7, 11) is 0. The monoisotopic (exact) mass is 354 g/mol. The lowest BCUT2D eigenvalue weighted by Crippen LogP contribution is -3.00. The standard InChI is InChI=1S/C12H24BrN2.BrH/c13-7-1-4-10-15-11-5-2-8-14(15)9-3-6-12-15;/h1-12H2;1H/q+1;/p-1. The van der Waals surface area contributed by atoms with E-state index in [0.29, 0.717) is 0 Å². The first-order valence-electron chi connectivity index (χ1n) is 6.55. The number of fused-ring (bicyclic) bond motifs is 1. The molecule has 0 amide bonds. The van der Waals surface area contributed by atoms with Crippen LogP contribution in [-0.2, 0) is 0 Å². The van der Waals surface area contributed by atoms with Crippen LogP contribution in [0, 0.1) is 0 Å². The summed E-state index contributed by atoms with van der Waals surface area (Å²) in [5.74, 6) is 0. The van der Waals surface area contributed by atoms with Gasteiger partial charge in [0, 0.05) is 18.4 Å². The van der Waals surface area contributed by atoms with E-state index in [0.717, 1.165) is 0 Å². The quantitative estimate of drug-likeness (QED) is 0.383. The summed E-state index contributed by atoms with van der Waals surface area (Å²) in [6, 6.07) is 0. The molecule has 0 N–H and O–H groups in total. The zero-order chi connectivity index (χ0) is 10.6. The highest BCUT2D eigenvalue weighted by molar-refractivity contribution is 9.09. The normalized spacial score (nSPS) is 24.6. The maximum atomic E-state index is 3.54. The number of hydrogen-bond acceptors (Lipinski definition) is 1. The molecule has 0 unspecified atom stereocenters. The second kappa shape index (κ2) is 7.34. The summed E-state index contributed by atoms with van der Waals surface area (Å²) in [6.07, 6.45) is 8.49. The van der Waals surface area contributed by atoms with E-state index < -0.39 is 0 Å². The Morgan fingerprint density at radius 2 is 1.56 bits per heavy atom. The van der Waals surface area contributed by atoms with E-state index in [1.165, 1.54) is 81.2 Å². The van der Waals surface area contributed by atoms with Gasteiger partial charge in [0.15, 0.2) is 0 Å². The van der Waals surface area contributed by atoms with Crippen LogP contribution in [0.3, 0.4) is 0 Å². The molecule has 0 bridgehead atoms. The maximum Gasteiger partial charge on any atom is 0.0964 e. The third-order valence-electron chi connectivity index (χ3n) is 4.04. The fourth-order valence-corrected chi connectivity index (χ4v) is 3.59. The van der Waals surface area contributed by atoms with Gasteiger partial charge >= 0.3 is 0 Å². The van der Waals surface area contributed by atoms with Crippen molar-refractivity contribution >= 4 is 15.9 Å². The minimum atomic E-state index is 0. The van der Waals surface area contributed by atoms with Crippen molar-refractivity contribution in [2.24, 2.45) is 0 Å². The van der Waals surface area contributed by atoms with Crippen LogP contribution in [0.5, 0.6) is 0 Å². The third kappa shape index (κ3) is 3.44. The largest absolute Gasteiger partial charge is 1.00 e. The van der Waals surface area contributed by atoms with E-state index in [1.54, 1.807) is 0 Å². The van der Waals surface area contributed by atoms with Gasteiger partial charge in [-0.2, -0.15) is 5.01 Å². The molecule has 2 fully saturated rings. The fraction of sp³-hybridized carbons (Fsp3) is 1.00. The molecule has 0 aromatic heterocycles. The molecule has 2 saturated heterocycles. The number of alkyl halides is 1. The molecule has 2 aliphatic rings. The van der Waals surface area contributed by atoms with Crippen LogP contribution in [0.25, 0.3) is 0 Å². The minimum absolute atomic E-state index is 0. The SMILES string of the molecule is BrCCCC[N+]12CCCCN1CCCC2.[Br-]. The van der Waals surface area contributed by atoms with Crippen LogP contribution < -0.4 is 17.0 Å². The van der Waals surface area contributed by atoms with Crippen molar-refractivity contribution in [1.29, 1.82) is 0 Å². The lowest BCUT2D eigenvalue weighted by atomic mass is 10.1. The summed E-state index contributed by atoms with van der Waals surface area (Å²) < 4.78 is 1.34. The lowest BCUT2D eigenvalue weighted by molar-refractivity contribution is -1.04. The average Bonchev–Trinajstić information content (AvgIpc) is 2.29. The van der Waals surface area contributed by atoms with Gasteiger partial charge in [0.1, 0.15) is 0 Å². The van der Waals surface area contributed by atoms with Gasteiger partial charge < -0.3 is 17.0 Å². The summed E-state index contributed by atoms with van der Waals surface area (Å²) in [5.41, 5.74) is 0. The molecule has 0 saturated carbocycles. The number of nitrogens with zero attached hydrogens (tertiary/aromatic N) is 2. The van der Waals surface area contributed by atoms with Gasteiger partial charge in [0.2, 0.25) is 0 Å². The van der Waals surface area contributed by atoms with Crippen LogP contribution in [0.1, 0.15) is 38.5 Å². The molecular formula is C12H24Br2N2. The summed E-state index contributed by atoms with van der Waals surface area (Å²) in [6.45, 7) is 6.94. The highest BCUT2D eigenvalue weighted by Gasteiger charge is 2.39.